The fourth-order valence-electron chi connectivity index (χ4n) is 1.32. The van der Waals surface area contributed by atoms with Gasteiger partial charge in [0.05, 0.1) is 0 Å². The Kier molecular flexibility index (Phi) is 3.77. The van der Waals surface area contributed by atoms with Crippen molar-refractivity contribution in [2.24, 2.45) is 0 Å². The van der Waals surface area contributed by atoms with E-state index < -0.39 is 11.6 Å². The molecule has 0 saturated heterocycles. The molecule has 14 heavy (non-hydrogen) atoms. The fraction of sp³-hybridized carbons (Fsp3) is 0.273. The van der Waals surface area contributed by atoms with Gasteiger partial charge in [0.1, 0.15) is 0 Å². The van der Waals surface area contributed by atoms with Crippen LogP contribution in [0.5, 0.6) is 0 Å². The summed E-state index contributed by atoms with van der Waals surface area (Å²) < 4.78 is 25.5. The Labute approximate surface area is 82.4 Å². The van der Waals surface area contributed by atoms with Crippen molar-refractivity contribution in [1.29, 1.82) is 0 Å². The first-order valence-corrected chi connectivity index (χ1v) is 4.42. The standard InChI is InChI=1S/C11H13F2N/c1-3-4-11(14-2)8-5-6-9(12)10(13)7-8/h3,5-7,11,14H,1,4H2,2H3. The van der Waals surface area contributed by atoms with Crippen molar-refractivity contribution in [3.63, 3.8) is 0 Å². The van der Waals surface area contributed by atoms with Crippen LogP contribution in [0.3, 0.4) is 0 Å². The summed E-state index contributed by atoms with van der Waals surface area (Å²) in [5, 5.41) is 3.01. The molecule has 0 amide bonds. The van der Waals surface area contributed by atoms with E-state index in [1.54, 1.807) is 19.2 Å². The van der Waals surface area contributed by atoms with Crippen molar-refractivity contribution in [2.45, 2.75) is 12.5 Å². The zero-order valence-electron chi connectivity index (χ0n) is 8.06. The molecule has 1 rings (SSSR count). The molecule has 0 bridgehead atoms. The van der Waals surface area contributed by atoms with Crippen LogP contribution in [0, 0.1) is 11.6 Å². The van der Waals surface area contributed by atoms with Gasteiger partial charge in [-0.05, 0) is 31.2 Å². The van der Waals surface area contributed by atoms with Crippen LogP contribution in [-0.2, 0) is 0 Å². The number of nitrogens with one attached hydrogen (secondary N) is 1. The average molecular weight is 197 g/mol. The maximum absolute atomic E-state index is 12.9. The minimum atomic E-state index is -0.817. The lowest BCUT2D eigenvalue weighted by Gasteiger charge is -2.14. The van der Waals surface area contributed by atoms with Crippen molar-refractivity contribution in [3.8, 4) is 0 Å². The molecule has 0 aromatic heterocycles. The highest BCUT2D eigenvalue weighted by Gasteiger charge is 2.09. The lowest BCUT2D eigenvalue weighted by molar-refractivity contribution is 0.502. The summed E-state index contributed by atoms with van der Waals surface area (Å²) in [5.74, 6) is -1.63. The average Bonchev–Trinajstić information content (AvgIpc) is 2.19. The molecule has 76 valence electrons. The van der Waals surface area contributed by atoms with Crippen molar-refractivity contribution < 1.29 is 8.78 Å². The van der Waals surface area contributed by atoms with E-state index in [1.165, 1.54) is 6.07 Å². The molecule has 0 radical (unpaired) electrons. The number of benzene rings is 1. The van der Waals surface area contributed by atoms with Gasteiger partial charge in [-0.2, -0.15) is 0 Å². The van der Waals surface area contributed by atoms with Crippen LogP contribution in [0.4, 0.5) is 8.78 Å². The number of hydrogen-bond donors (Lipinski definition) is 1. The summed E-state index contributed by atoms with van der Waals surface area (Å²) in [7, 11) is 1.77. The van der Waals surface area contributed by atoms with E-state index in [9.17, 15) is 8.78 Å². The third kappa shape index (κ3) is 2.39. The number of halogens is 2. The third-order valence-electron chi connectivity index (χ3n) is 2.10. The van der Waals surface area contributed by atoms with E-state index in [0.29, 0.717) is 6.42 Å². The van der Waals surface area contributed by atoms with Gasteiger partial charge in [0.25, 0.3) is 0 Å². The van der Waals surface area contributed by atoms with Crippen LogP contribution in [0.25, 0.3) is 0 Å². The summed E-state index contributed by atoms with van der Waals surface area (Å²) in [6.07, 6.45) is 2.42. The van der Waals surface area contributed by atoms with Crippen molar-refractivity contribution in [3.05, 3.63) is 48.1 Å². The van der Waals surface area contributed by atoms with Gasteiger partial charge >= 0.3 is 0 Å². The molecular formula is C11H13F2N. The lowest BCUT2D eigenvalue weighted by atomic mass is 10.0. The second-order valence-electron chi connectivity index (χ2n) is 3.04. The molecule has 0 aliphatic rings. The predicted molar refractivity (Wildman–Crippen MR) is 53.0 cm³/mol. The molecule has 1 aromatic carbocycles. The van der Waals surface area contributed by atoms with Crippen LogP contribution >= 0.6 is 0 Å². The topological polar surface area (TPSA) is 12.0 Å². The van der Waals surface area contributed by atoms with Gasteiger partial charge in [-0.25, -0.2) is 8.78 Å². The van der Waals surface area contributed by atoms with E-state index in [2.05, 4.69) is 11.9 Å². The Morgan fingerprint density at radius 1 is 1.43 bits per heavy atom. The Balaban J connectivity index is 2.93. The monoisotopic (exact) mass is 197 g/mol. The molecule has 0 saturated carbocycles. The van der Waals surface area contributed by atoms with E-state index in [-0.39, 0.29) is 6.04 Å². The lowest BCUT2D eigenvalue weighted by Crippen LogP contribution is -2.15. The first-order chi connectivity index (χ1) is 6.69. The second kappa shape index (κ2) is 4.86. The molecule has 1 nitrogen and oxygen atoms in total. The summed E-state index contributed by atoms with van der Waals surface area (Å²) in [5.41, 5.74) is 0.728. The smallest absolute Gasteiger partial charge is 0.159 e. The number of rotatable bonds is 4. The molecule has 0 spiro atoms. The van der Waals surface area contributed by atoms with Gasteiger partial charge in [0.15, 0.2) is 11.6 Å². The van der Waals surface area contributed by atoms with E-state index >= 15 is 0 Å². The molecule has 3 heteroatoms. The van der Waals surface area contributed by atoms with Crippen LogP contribution in [0.2, 0.25) is 0 Å². The van der Waals surface area contributed by atoms with Gasteiger partial charge in [-0.15, -0.1) is 6.58 Å². The largest absolute Gasteiger partial charge is 0.313 e. The highest BCUT2D eigenvalue weighted by molar-refractivity contribution is 5.21. The van der Waals surface area contributed by atoms with Crippen LogP contribution in [0.15, 0.2) is 30.9 Å². The minimum absolute atomic E-state index is 0.0115. The Morgan fingerprint density at radius 3 is 2.64 bits per heavy atom. The normalized spacial score (nSPS) is 12.5. The van der Waals surface area contributed by atoms with Gasteiger partial charge < -0.3 is 5.32 Å². The summed E-state index contributed by atoms with van der Waals surface area (Å²) in [6, 6.07) is 3.91. The molecule has 1 aromatic rings. The first-order valence-electron chi connectivity index (χ1n) is 4.42. The van der Waals surface area contributed by atoms with Crippen LogP contribution < -0.4 is 5.32 Å². The summed E-state index contributed by atoms with van der Waals surface area (Å²) >= 11 is 0. The molecule has 0 heterocycles. The highest BCUT2D eigenvalue weighted by Crippen LogP contribution is 2.18. The SMILES string of the molecule is C=CCC(NC)c1ccc(F)c(F)c1. The maximum atomic E-state index is 12.9. The summed E-state index contributed by atoms with van der Waals surface area (Å²) in [4.78, 5) is 0. The first kappa shape index (κ1) is 10.9. The van der Waals surface area contributed by atoms with Gasteiger partial charge in [-0.3, -0.25) is 0 Å². The Bertz CT molecular complexity index is 323. The van der Waals surface area contributed by atoms with Crippen LogP contribution in [0.1, 0.15) is 18.0 Å². The molecular weight excluding hydrogens is 184 g/mol. The molecule has 1 atom stereocenters. The maximum Gasteiger partial charge on any atom is 0.159 e. The second-order valence-corrected chi connectivity index (χ2v) is 3.04. The quantitative estimate of drug-likeness (QED) is 0.732. The van der Waals surface area contributed by atoms with E-state index in [4.69, 9.17) is 0 Å². The Hall–Kier alpha value is -1.22. The zero-order valence-corrected chi connectivity index (χ0v) is 8.06. The van der Waals surface area contributed by atoms with Crippen molar-refractivity contribution >= 4 is 0 Å². The van der Waals surface area contributed by atoms with Gasteiger partial charge in [-0.1, -0.05) is 12.1 Å². The van der Waals surface area contributed by atoms with Gasteiger partial charge in [0.2, 0.25) is 0 Å². The van der Waals surface area contributed by atoms with Crippen LogP contribution in [-0.4, -0.2) is 7.05 Å². The number of hydrogen-bond acceptors (Lipinski definition) is 1. The summed E-state index contributed by atoms with van der Waals surface area (Å²) in [6.45, 7) is 3.61. The van der Waals surface area contributed by atoms with Crippen molar-refractivity contribution in [1.82, 2.24) is 5.32 Å². The van der Waals surface area contributed by atoms with Crippen molar-refractivity contribution in [2.75, 3.05) is 7.05 Å². The van der Waals surface area contributed by atoms with E-state index in [1.807, 2.05) is 0 Å². The Morgan fingerprint density at radius 2 is 2.14 bits per heavy atom. The molecule has 0 aliphatic carbocycles. The fourth-order valence-corrected chi connectivity index (χ4v) is 1.32. The molecule has 1 N–H and O–H groups in total. The zero-order chi connectivity index (χ0) is 10.6. The predicted octanol–water partition coefficient (Wildman–Crippen LogP) is 2.80. The third-order valence-corrected chi connectivity index (χ3v) is 2.10. The highest BCUT2D eigenvalue weighted by atomic mass is 19.2. The van der Waals surface area contributed by atoms with E-state index in [0.717, 1.165) is 11.6 Å². The molecule has 0 fully saturated rings. The molecule has 0 aliphatic heterocycles. The molecule has 1 unspecified atom stereocenters. The van der Waals surface area contributed by atoms with Gasteiger partial charge in [0, 0.05) is 6.04 Å². The minimum Gasteiger partial charge on any atom is -0.313 e.